The Morgan fingerprint density at radius 3 is 2.52 bits per heavy atom. The van der Waals surface area contributed by atoms with Gasteiger partial charge in [0.05, 0.1) is 11.4 Å². The largest absolute Gasteiger partial charge is 0.451 e. The van der Waals surface area contributed by atoms with Crippen LogP contribution in [0.3, 0.4) is 0 Å². The van der Waals surface area contributed by atoms with E-state index >= 15 is 0 Å². The number of amides is 1. The van der Waals surface area contributed by atoms with Crippen LogP contribution in [-0.2, 0) is 9.53 Å². The van der Waals surface area contributed by atoms with Crippen LogP contribution in [0.15, 0.2) is 53.3 Å². The zero-order valence-electron chi connectivity index (χ0n) is 14.4. The molecule has 1 atom stereocenters. The number of halogens is 1. The first-order valence-corrected chi connectivity index (χ1v) is 8.15. The topological polar surface area (TPSA) is 101 Å². The monoisotopic (exact) mass is 369 g/mol. The third-order valence-electron chi connectivity index (χ3n) is 3.97. The molecule has 0 spiro atoms. The fourth-order valence-corrected chi connectivity index (χ4v) is 2.59. The van der Waals surface area contributed by atoms with Crippen molar-refractivity contribution in [3.05, 3.63) is 76.0 Å². The van der Waals surface area contributed by atoms with Gasteiger partial charge < -0.3 is 10.1 Å². The SMILES string of the molecule is CC(NC(=O)COC(=O)c1n[nH]c(=O)c2ccccc12)c1ccc(F)cc1. The quantitative estimate of drug-likeness (QED) is 0.671. The molecule has 0 radical (unpaired) electrons. The minimum absolute atomic E-state index is 0.0791. The van der Waals surface area contributed by atoms with E-state index in [1.807, 2.05) is 0 Å². The van der Waals surface area contributed by atoms with Crippen LogP contribution in [0.25, 0.3) is 10.8 Å². The Balaban J connectivity index is 1.64. The molecule has 138 valence electrons. The van der Waals surface area contributed by atoms with Crippen LogP contribution >= 0.6 is 0 Å². The van der Waals surface area contributed by atoms with Gasteiger partial charge in [-0.3, -0.25) is 9.59 Å². The number of rotatable bonds is 5. The molecular weight excluding hydrogens is 353 g/mol. The number of benzene rings is 2. The third-order valence-corrected chi connectivity index (χ3v) is 3.97. The molecule has 3 aromatic rings. The molecule has 0 bridgehead atoms. The first kappa shape index (κ1) is 18.2. The number of nitrogens with one attached hydrogen (secondary N) is 2. The lowest BCUT2D eigenvalue weighted by atomic mass is 10.1. The van der Waals surface area contributed by atoms with Crippen molar-refractivity contribution in [3.8, 4) is 0 Å². The minimum Gasteiger partial charge on any atom is -0.451 e. The number of carbonyl (C=O) groups is 2. The number of ether oxygens (including phenoxy) is 1. The van der Waals surface area contributed by atoms with Gasteiger partial charge in [0.2, 0.25) is 0 Å². The summed E-state index contributed by atoms with van der Waals surface area (Å²) in [6, 6.07) is 11.8. The minimum atomic E-state index is -0.827. The summed E-state index contributed by atoms with van der Waals surface area (Å²) in [7, 11) is 0. The Labute approximate surface area is 153 Å². The highest BCUT2D eigenvalue weighted by Crippen LogP contribution is 2.14. The van der Waals surface area contributed by atoms with Crippen molar-refractivity contribution in [3.63, 3.8) is 0 Å². The van der Waals surface area contributed by atoms with E-state index in [0.29, 0.717) is 16.3 Å². The van der Waals surface area contributed by atoms with Gasteiger partial charge >= 0.3 is 5.97 Å². The fraction of sp³-hybridized carbons (Fsp3) is 0.158. The van der Waals surface area contributed by atoms with E-state index in [-0.39, 0.29) is 17.6 Å². The van der Waals surface area contributed by atoms with Gasteiger partial charge in [-0.15, -0.1) is 0 Å². The highest BCUT2D eigenvalue weighted by Gasteiger charge is 2.17. The second kappa shape index (κ2) is 7.77. The van der Waals surface area contributed by atoms with Crippen molar-refractivity contribution >= 4 is 22.6 Å². The van der Waals surface area contributed by atoms with Crippen LogP contribution in [0.5, 0.6) is 0 Å². The predicted molar refractivity (Wildman–Crippen MR) is 95.6 cm³/mol. The average molecular weight is 369 g/mol. The number of nitrogens with zero attached hydrogens (tertiary/aromatic N) is 1. The molecule has 27 heavy (non-hydrogen) atoms. The van der Waals surface area contributed by atoms with Crippen LogP contribution in [0.2, 0.25) is 0 Å². The molecular formula is C19H16FN3O4. The van der Waals surface area contributed by atoms with Gasteiger partial charge in [0.15, 0.2) is 12.3 Å². The number of hydrogen-bond acceptors (Lipinski definition) is 5. The van der Waals surface area contributed by atoms with E-state index in [9.17, 15) is 18.8 Å². The third kappa shape index (κ3) is 4.17. The smallest absolute Gasteiger partial charge is 0.359 e. The molecule has 8 heteroatoms. The molecule has 3 rings (SSSR count). The fourth-order valence-electron chi connectivity index (χ4n) is 2.59. The van der Waals surface area contributed by atoms with Crippen LogP contribution in [0.4, 0.5) is 4.39 Å². The predicted octanol–water partition coefficient (Wildman–Crippen LogP) is 2.10. The summed E-state index contributed by atoms with van der Waals surface area (Å²) in [6.45, 7) is 1.21. The first-order chi connectivity index (χ1) is 13.0. The lowest BCUT2D eigenvalue weighted by molar-refractivity contribution is -0.124. The van der Waals surface area contributed by atoms with Crippen molar-refractivity contribution in [2.75, 3.05) is 6.61 Å². The zero-order chi connectivity index (χ0) is 19.4. The van der Waals surface area contributed by atoms with Gasteiger partial charge in [-0.05, 0) is 30.7 Å². The van der Waals surface area contributed by atoms with Gasteiger partial charge in [-0.1, -0.05) is 30.3 Å². The van der Waals surface area contributed by atoms with E-state index in [0.717, 1.165) is 0 Å². The Morgan fingerprint density at radius 2 is 1.81 bits per heavy atom. The lowest BCUT2D eigenvalue weighted by Crippen LogP contribution is -2.31. The molecule has 0 aliphatic rings. The highest BCUT2D eigenvalue weighted by molar-refractivity contribution is 6.02. The number of hydrogen-bond donors (Lipinski definition) is 2. The van der Waals surface area contributed by atoms with E-state index in [1.165, 1.54) is 12.1 Å². The number of aromatic amines is 1. The molecule has 1 aromatic heterocycles. The number of H-pyrrole nitrogens is 1. The molecule has 0 fully saturated rings. The summed E-state index contributed by atoms with van der Waals surface area (Å²) < 4.78 is 17.9. The van der Waals surface area contributed by atoms with Crippen molar-refractivity contribution in [2.24, 2.45) is 0 Å². The number of esters is 1. The van der Waals surface area contributed by atoms with Crippen LogP contribution in [0, 0.1) is 5.82 Å². The number of carbonyl (C=O) groups excluding carboxylic acids is 2. The maximum Gasteiger partial charge on any atom is 0.359 e. The second-order valence-corrected chi connectivity index (χ2v) is 5.86. The lowest BCUT2D eigenvalue weighted by Gasteiger charge is -2.14. The average Bonchev–Trinajstić information content (AvgIpc) is 2.67. The first-order valence-electron chi connectivity index (χ1n) is 8.15. The number of fused-ring (bicyclic) bond motifs is 1. The Morgan fingerprint density at radius 1 is 1.15 bits per heavy atom. The van der Waals surface area contributed by atoms with Gasteiger partial charge in [-0.2, -0.15) is 5.10 Å². The van der Waals surface area contributed by atoms with Crippen molar-refractivity contribution in [1.29, 1.82) is 0 Å². The van der Waals surface area contributed by atoms with E-state index in [1.54, 1.807) is 43.3 Å². The zero-order valence-corrected chi connectivity index (χ0v) is 14.4. The van der Waals surface area contributed by atoms with E-state index in [2.05, 4.69) is 15.5 Å². The Hall–Kier alpha value is -3.55. The molecule has 1 unspecified atom stereocenters. The molecule has 7 nitrogen and oxygen atoms in total. The van der Waals surface area contributed by atoms with E-state index < -0.39 is 24.0 Å². The Kier molecular flexibility index (Phi) is 5.25. The van der Waals surface area contributed by atoms with Crippen molar-refractivity contribution < 1.29 is 18.7 Å². The molecule has 0 saturated heterocycles. The van der Waals surface area contributed by atoms with E-state index in [4.69, 9.17) is 4.74 Å². The van der Waals surface area contributed by atoms with Crippen LogP contribution in [-0.4, -0.2) is 28.7 Å². The maximum atomic E-state index is 12.9. The molecule has 2 N–H and O–H groups in total. The molecule has 1 heterocycles. The van der Waals surface area contributed by atoms with Gasteiger partial charge in [0, 0.05) is 5.39 Å². The summed E-state index contributed by atoms with van der Waals surface area (Å²) in [5.41, 5.74) is 0.210. The summed E-state index contributed by atoms with van der Waals surface area (Å²) in [5.74, 6) is -1.72. The summed E-state index contributed by atoms with van der Waals surface area (Å²) in [6.07, 6.45) is 0. The molecule has 1 amide bonds. The van der Waals surface area contributed by atoms with Gasteiger partial charge in [0.25, 0.3) is 11.5 Å². The van der Waals surface area contributed by atoms with Crippen LogP contribution < -0.4 is 10.9 Å². The van der Waals surface area contributed by atoms with Crippen molar-refractivity contribution in [2.45, 2.75) is 13.0 Å². The van der Waals surface area contributed by atoms with Crippen LogP contribution in [0.1, 0.15) is 29.0 Å². The van der Waals surface area contributed by atoms with Gasteiger partial charge in [0.1, 0.15) is 5.82 Å². The highest BCUT2D eigenvalue weighted by atomic mass is 19.1. The maximum absolute atomic E-state index is 12.9. The normalized spacial score (nSPS) is 11.8. The molecule has 0 saturated carbocycles. The van der Waals surface area contributed by atoms with Crippen molar-refractivity contribution in [1.82, 2.24) is 15.5 Å². The standard InChI is InChI=1S/C19H16FN3O4/c1-11(12-6-8-13(20)9-7-12)21-16(24)10-27-19(26)17-14-4-2-3-5-15(14)18(25)23-22-17/h2-9,11H,10H2,1H3,(H,21,24)(H,23,25). The Bertz CT molecular complexity index is 1050. The molecule has 0 aliphatic carbocycles. The number of aromatic nitrogens is 2. The second-order valence-electron chi connectivity index (χ2n) is 5.86. The molecule has 0 aliphatic heterocycles. The summed E-state index contributed by atoms with van der Waals surface area (Å²) >= 11 is 0. The summed E-state index contributed by atoms with van der Waals surface area (Å²) in [5, 5.41) is 9.24. The van der Waals surface area contributed by atoms with Gasteiger partial charge in [-0.25, -0.2) is 14.3 Å². The summed E-state index contributed by atoms with van der Waals surface area (Å²) in [4.78, 5) is 36.0. The molecule has 2 aromatic carbocycles.